The number of benzene rings is 1. The van der Waals surface area contributed by atoms with Gasteiger partial charge in [-0.05, 0) is 26.2 Å². The van der Waals surface area contributed by atoms with Gasteiger partial charge in [0, 0.05) is 29.1 Å². The lowest BCUT2D eigenvalue weighted by Crippen LogP contribution is -2.29. The molecule has 2 aromatic heterocycles. The molecule has 3 rings (SSSR count). The molecule has 0 aliphatic carbocycles. The number of esters is 1. The molecule has 0 fully saturated rings. The Morgan fingerprint density at radius 3 is 2.72 bits per heavy atom. The maximum atomic E-state index is 13.6. The smallest absolute Gasteiger partial charge is 0.310 e. The van der Waals surface area contributed by atoms with Gasteiger partial charge < -0.3 is 10.1 Å². The van der Waals surface area contributed by atoms with E-state index in [1.807, 2.05) is 13.2 Å². The van der Waals surface area contributed by atoms with Gasteiger partial charge in [0.25, 0.3) is 11.7 Å². The first-order chi connectivity index (χ1) is 13.9. The molecule has 0 bridgehead atoms. The summed E-state index contributed by atoms with van der Waals surface area (Å²) in [6, 6.07) is 6.13. The highest BCUT2D eigenvalue weighted by atomic mass is 32.2. The Hall–Kier alpha value is -3.01. The molecule has 0 saturated heterocycles. The number of fused-ring (bicyclic) bond motifs is 1. The van der Waals surface area contributed by atoms with Crippen molar-refractivity contribution in [3.8, 4) is 0 Å². The van der Waals surface area contributed by atoms with Gasteiger partial charge >= 0.3 is 5.97 Å². The summed E-state index contributed by atoms with van der Waals surface area (Å²) in [5.74, 6) is -1.02. The van der Waals surface area contributed by atoms with Crippen molar-refractivity contribution in [3.63, 3.8) is 0 Å². The van der Waals surface area contributed by atoms with Gasteiger partial charge in [0.2, 0.25) is 5.16 Å². The quantitative estimate of drug-likeness (QED) is 0.464. The number of nitrogens with one attached hydrogen (secondary N) is 1. The van der Waals surface area contributed by atoms with E-state index in [0.717, 1.165) is 5.69 Å². The van der Waals surface area contributed by atoms with Crippen LogP contribution in [0, 0.1) is 19.7 Å². The molecule has 0 unspecified atom stereocenters. The topological polar surface area (TPSA) is 98.5 Å². The Kier molecular flexibility index (Phi) is 6.42. The number of aromatic nitrogens is 4. The predicted octanol–water partition coefficient (Wildman–Crippen LogP) is 2.00. The van der Waals surface area contributed by atoms with E-state index in [4.69, 9.17) is 4.74 Å². The molecule has 3 aromatic rings. The van der Waals surface area contributed by atoms with Crippen LogP contribution < -0.4 is 5.32 Å². The zero-order chi connectivity index (χ0) is 21.0. The van der Waals surface area contributed by atoms with Crippen LogP contribution in [0.4, 0.5) is 4.39 Å². The number of carbonyl (C=O) groups excluding carboxylic acids is 2. The minimum absolute atomic E-state index is 0.0198. The highest BCUT2D eigenvalue weighted by Gasteiger charge is 2.17. The third-order valence-electron chi connectivity index (χ3n) is 4.33. The fourth-order valence-corrected chi connectivity index (χ4v) is 3.10. The monoisotopic (exact) mass is 417 g/mol. The van der Waals surface area contributed by atoms with Crippen LogP contribution in [0.5, 0.6) is 0 Å². The second-order valence-corrected chi connectivity index (χ2v) is 7.05. The zero-order valence-corrected chi connectivity index (χ0v) is 17.0. The van der Waals surface area contributed by atoms with Crippen LogP contribution in [0.25, 0.3) is 5.78 Å². The number of amides is 1. The van der Waals surface area contributed by atoms with Crippen molar-refractivity contribution in [2.75, 3.05) is 12.9 Å². The first-order valence-electron chi connectivity index (χ1n) is 8.81. The minimum Gasteiger partial charge on any atom is -0.455 e. The molecule has 0 radical (unpaired) electrons. The maximum Gasteiger partial charge on any atom is 0.310 e. The molecule has 29 heavy (non-hydrogen) atoms. The van der Waals surface area contributed by atoms with Gasteiger partial charge in [-0.1, -0.05) is 30.0 Å². The van der Waals surface area contributed by atoms with Gasteiger partial charge in [-0.15, -0.1) is 5.10 Å². The molecule has 152 valence electrons. The first-order valence-corrected chi connectivity index (χ1v) is 10.0. The van der Waals surface area contributed by atoms with Gasteiger partial charge in [-0.3, -0.25) is 9.59 Å². The number of nitrogens with zero attached hydrogens (tertiary/aromatic N) is 4. The lowest BCUT2D eigenvalue weighted by atomic mass is 10.1. The lowest BCUT2D eigenvalue weighted by Gasteiger charge is -2.10. The summed E-state index contributed by atoms with van der Waals surface area (Å²) in [5, 5.41) is 7.44. The van der Waals surface area contributed by atoms with Gasteiger partial charge in [-0.2, -0.15) is 4.98 Å². The highest BCUT2D eigenvalue weighted by Crippen LogP contribution is 2.17. The standard InChI is InChI=1S/C19H20FN5O3S/c1-11-14(12(2)25-18(22-11)23-19(24-25)29-3)8-17(27)28-10-16(26)21-9-13-6-4-5-7-15(13)20/h4-7H,8-10H2,1-3H3,(H,21,26). The molecule has 0 aliphatic heterocycles. The van der Waals surface area contributed by atoms with Crippen LogP contribution >= 0.6 is 11.8 Å². The van der Waals surface area contributed by atoms with Crippen molar-refractivity contribution in [2.45, 2.75) is 32.0 Å². The van der Waals surface area contributed by atoms with E-state index in [2.05, 4.69) is 20.4 Å². The fraction of sp³-hybridized carbons (Fsp3) is 0.316. The van der Waals surface area contributed by atoms with Crippen molar-refractivity contribution in [1.29, 1.82) is 0 Å². The Bertz CT molecular complexity index is 1070. The third-order valence-corrected chi connectivity index (χ3v) is 4.87. The number of hydrogen-bond donors (Lipinski definition) is 1. The Balaban J connectivity index is 1.58. The van der Waals surface area contributed by atoms with Crippen LogP contribution in [0.3, 0.4) is 0 Å². The van der Waals surface area contributed by atoms with Gasteiger partial charge in [0.1, 0.15) is 5.82 Å². The van der Waals surface area contributed by atoms with Crippen molar-refractivity contribution in [1.82, 2.24) is 24.9 Å². The molecule has 2 heterocycles. The van der Waals surface area contributed by atoms with Crippen molar-refractivity contribution in [2.24, 2.45) is 0 Å². The summed E-state index contributed by atoms with van der Waals surface area (Å²) in [6.45, 7) is 3.18. The fourth-order valence-electron chi connectivity index (χ4n) is 2.76. The van der Waals surface area contributed by atoms with E-state index >= 15 is 0 Å². The average Bonchev–Trinajstić information content (AvgIpc) is 3.12. The molecule has 8 nitrogen and oxygen atoms in total. The molecule has 0 aliphatic rings. The van der Waals surface area contributed by atoms with E-state index in [0.29, 0.717) is 27.8 Å². The number of halogens is 1. The highest BCUT2D eigenvalue weighted by molar-refractivity contribution is 7.98. The minimum atomic E-state index is -0.566. The largest absolute Gasteiger partial charge is 0.455 e. The Morgan fingerprint density at radius 2 is 2.00 bits per heavy atom. The predicted molar refractivity (Wildman–Crippen MR) is 105 cm³/mol. The number of aryl methyl sites for hydroxylation is 2. The van der Waals surface area contributed by atoms with Crippen molar-refractivity contribution in [3.05, 3.63) is 52.6 Å². The second-order valence-electron chi connectivity index (χ2n) is 6.28. The molecular weight excluding hydrogens is 397 g/mol. The van der Waals surface area contributed by atoms with Gasteiger partial charge in [-0.25, -0.2) is 13.9 Å². The average molecular weight is 417 g/mol. The van der Waals surface area contributed by atoms with E-state index in [9.17, 15) is 14.0 Å². The Labute approximate surface area is 170 Å². The van der Waals surface area contributed by atoms with E-state index in [1.165, 1.54) is 17.8 Å². The van der Waals surface area contributed by atoms with Crippen LogP contribution in [0.1, 0.15) is 22.5 Å². The number of hydrogen-bond acceptors (Lipinski definition) is 7. The van der Waals surface area contributed by atoms with Crippen LogP contribution in [0.15, 0.2) is 29.4 Å². The summed E-state index contributed by atoms with van der Waals surface area (Å²) >= 11 is 1.40. The van der Waals surface area contributed by atoms with Crippen molar-refractivity contribution >= 4 is 29.4 Å². The maximum absolute atomic E-state index is 13.6. The van der Waals surface area contributed by atoms with Gasteiger partial charge in [0.15, 0.2) is 6.61 Å². The molecule has 0 saturated carbocycles. The molecule has 1 amide bonds. The van der Waals surface area contributed by atoms with Crippen molar-refractivity contribution < 1.29 is 18.7 Å². The lowest BCUT2D eigenvalue weighted by molar-refractivity contribution is -0.147. The SMILES string of the molecule is CSc1nc2nc(C)c(CC(=O)OCC(=O)NCc3ccccc3F)c(C)n2n1. The van der Waals surface area contributed by atoms with Gasteiger partial charge in [0.05, 0.1) is 6.42 Å². The molecule has 0 atom stereocenters. The summed E-state index contributed by atoms with van der Waals surface area (Å²) in [6.07, 6.45) is 1.82. The molecule has 0 spiro atoms. The third kappa shape index (κ3) is 4.89. The van der Waals surface area contributed by atoms with E-state index in [-0.39, 0.29) is 13.0 Å². The number of rotatable bonds is 7. The first kappa shape index (κ1) is 20.7. The van der Waals surface area contributed by atoms with E-state index in [1.54, 1.807) is 29.6 Å². The molecule has 1 aromatic carbocycles. The second kappa shape index (κ2) is 8.99. The van der Waals surface area contributed by atoms with Crippen LogP contribution in [-0.2, 0) is 27.3 Å². The number of ether oxygens (including phenoxy) is 1. The molecular formula is C19H20FN5O3S. The van der Waals surface area contributed by atoms with E-state index < -0.39 is 24.3 Å². The normalized spacial score (nSPS) is 10.9. The summed E-state index contributed by atoms with van der Waals surface area (Å²) in [5.41, 5.74) is 2.42. The van der Waals surface area contributed by atoms with Crippen LogP contribution in [0.2, 0.25) is 0 Å². The van der Waals surface area contributed by atoms with Crippen LogP contribution in [-0.4, -0.2) is 44.3 Å². The molecule has 10 heteroatoms. The summed E-state index contributed by atoms with van der Waals surface area (Å²) in [4.78, 5) is 32.8. The number of thioether (sulfide) groups is 1. The number of carbonyl (C=O) groups is 2. The molecule has 1 N–H and O–H groups in total. The summed E-state index contributed by atoms with van der Waals surface area (Å²) in [7, 11) is 0. The Morgan fingerprint density at radius 1 is 1.24 bits per heavy atom. The zero-order valence-electron chi connectivity index (χ0n) is 16.2. The summed E-state index contributed by atoms with van der Waals surface area (Å²) < 4.78 is 20.2.